The molecular formula is C16H22N2S2. The Morgan fingerprint density at radius 1 is 1.25 bits per heavy atom. The van der Waals surface area contributed by atoms with Gasteiger partial charge in [0.05, 0.1) is 10.7 Å². The molecule has 1 heterocycles. The summed E-state index contributed by atoms with van der Waals surface area (Å²) in [6.07, 6.45) is 2.89. The number of benzene rings is 1. The first-order valence-corrected chi connectivity index (χ1v) is 8.85. The number of aromatic nitrogens is 1. The van der Waals surface area contributed by atoms with Crippen LogP contribution in [0, 0.1) is 0 Å². The number of hydrogen-bond donors (Lipinski definition) is 1. The van der Waals surface area contributed by atoms with Gasteiger partial charge in [0, 0.05) is 28.2 Å². The Balaban J connectivity index is 2.07. The van der Waals surface area contributed by atoms with Gasteiger partial charge in [0.15, 0.2) is 0 Å². The molecule has 4 heteroatoms. The van der Waals surface area contributed by atoms with Crippen molar-refractivity contribution in [1.29, 1.82) is 0 Å². The first-order valence-electron chi connectivity index (χ1n) is 6.74. The Labute approximate surface area is 129 Å². The number of rotatable bonds is 4. The predicted molar refractivity (Wildman–Crippen MR) is 89.7 cm³/mol. The van der Waals surface area contributed by atoms with Gasteiger partial charge in [0.1, 0.15) is 0 Å². The lowest BCUT2D eigenvalue weighted by atomic mass is 9.93. The lowest BCUT2D eigenvalue weighted by Gasteiger charge is -2.14. The Bertz CT molecular complexity index is 553. The highest BCUT2D eigenvalue weighted by atomic mass is 32.2. The molecular weight excluding hydrogens is 284 g/mol. The molecule has 2 nitrogen and oxygen atoms in total. The van der Waals surface area contributed by atoms with Gasteiger partial charge in [-0.2, -0.15) is 0 Å². The average molecular weight is 306 g/mol. The van der Waals surface area contributed by atoms with E-state index in [1.54, 1.807) is 23.1 Å². The third-order valence-electron chi connectivity index (χ3n) is 3.26. The fourth-order valence-corrected chi connectivity index (χ4v) is 3.40. The van der Waals surface area contributed by atoms with Crippen LogP contribution in [0.4, 0.5) is 0 Å². The van der Waals surface area contributed by atoms with Crippen molar-refractivity contribution in [3.8, 4) is 0 Å². The summed E-state index contributed by atoms with van der Waals surface area (Å²) in [5.74, 6) is 0. The molecule has 1 aromatic carbocycles. The smallest absolute Gasteiger partial charge is 0.0947 e. The minimum atomic E-state index is 0.0184. The van der Waals surface area contributed by atoms with Crippen molar-refractivity contribution in [2.75, 3.05) is 6.26 Å². The van der Waals surface area contributed by atoms with Crippen LogP contribution in [-0.4, -0.2) is 11.2 Å². The van der Waals surface area contributed by atoms with Crippen LogP contribution in [-0.2, 0) is 11.8 Å². The fourth-order valence-electron chi connectivity index (χ4n) is 1.91. The van der Waals surface area contributed by atoms with Gasteiger partial charge in [0.2, 0.25) is 0 Å². The molecule has 2 rings (SSSR count). The van der Waals surface area contributed by atoms with Crippen LogP contribution < -0.4 is 5.73 Å². The molecule has 0 bridgehead atoms. The Morgan fingerprint density at radius 3 is 2.40 bits per heavy atom. The van der Waals surface area contributed by atoms with Crippen molar-refractivity contribution >= 4 is 23.1 Å². The van der Waals surface area contributed by atoms with Crippen molar-refractivity contribution < 1.29 is 0 Å². The lowest BCUT2D eigenvalue weighted by Crippen LogP contribution is -2.14. The summed E-state index contributed by atoms with van der Waals surface area (Å²) in [6, 6.07) is 8.51. The minimum Gasteiger partial charge on any atom is -0.324 e. The Morgan fingerprint density at radius 2 is 1.90 bits per heavy atom. The molecule has 1 atom stereocenters. The maximum atomic E-state index is 6.30. The maximum Gasteiger partial charge on any atom is 0.0947 e. The normalized spacial score (nSPS) is 13.4. The summed E-state index contributed by atoms with van der Waals surface area (Å²) in [5, 5.41) is 3.27. The largest absolute Gasteiger partial charge is 0.324 e. The third-order valence-corrected chi connectivity index (χ3v) is 4.87. The van der Waals surface area contributed by atoms with E-state index in [0.717, 1.165) is 17.1 Å². The summed E-state index contributed by atoms with van der Waals surface area (Å²) in [5.41, 5.74) is 8.74. The first kappa shape index (κ1) is 15.5. The highest BCUT2D eigenvalue weighted by Crippen LogP contribution is 2.26. The highest BCUT2D eigenvalue weighted by molar-refractivity contribution is 7.98. The summed E-state index contributed by atoms with van der Waals surface area (Å²) >= 11 is 3.46. The van der Waals surface area contributed by atoms with Crippen LogP contribution in [0.1, 0.15) is 43.1 Å². The van der Waals surface area contributed by atoms with Crippen LogP contribution >= 0.6 is 23.1 Å². The van der Waals surface area contributed by atoms with Gasteiger partial charge in [-0.3, -0.25) is 0 Å². The highest BCUT2D eigenvalue weighted by Gasteiger charge is 2.18. The summed E-state index contributed by atoms with van der Waals surface area (Å²) < 4.78 is 0. The van der Waals surface area contributed by atoms with E-state index in [1.807, 2.05) is 0 Å². The van der Waals surface area contributed by atoms with E-state index >= 15 is 0 Å². The summed E-state index contributed by atoms with van der Waals surface area (Å²) in [4.78, 5) is 5.98. The van der Waals surface area contributed by atoms with Crippen LogP contribution in [0.2, 0.25) is 0 Å². The van der Waals surface area contributed by atoms with Crippen molar-refractivity contribution in [3.63, 3.8) is 0 Å². The second-order valence-electron chi connectivity index (χ2n) is 5.96. The molecule has 0 saturated heterocycles. The van der Waals surface area contributed by atoms with Crippen LogP contribution in [0.15, 0.2) is 34.5 Å². The van der Waals surface area contributed by atoms with Crippen molar-refractivity contribution in [3.05, 3.63) is 45.9 Å². The second kappa shape index (κ2) is 6.29. The predicted octanol–water partition coefficient (Wildman–Crippen LogP) is 4.41. The van der Waals surface area contributed by atoms with E-state index in [0.29, 0.717) is 0 Å². The quantitative estimate of drug-likeness (QED) is 0.851. The van der Waals surface area contributed by atoms with E-state index in [-0.39, 0.29) is 11.5 Å². The monoisotopic (exact) mass is 306 g/mol. The minimum absolute atomic E-state index is 0.0184. The van der Waals surface area contributed by atoms with Gasteiger partial charge >= 0.3 is 0 Å². The Hall–Kier alpha value is -0.840. The van der Waals surface area contributed by atoms with Gasteiger partial charge in [-0.1, -0.05) is 32.9 Å². The average Bonchev–Trinajstić information content (AvgIpc) is 2.87. The molecule has 0 spiro atoms. The first-order chi connectivity index (χ1) is 9.40. The molecule has 0 saturated carbocycles. The number of nitrogens with two attached hydrogens (primary N) is 1. The number of nitrogens with zero attached hydrogens (tertiary/aromatic N) is 1. The van der Waals surface area contributed by atoms with E-state index in [1.165, 1.54) is 10.5 Å². The molecule has 1 unspecified atom stereocenters. The molecule has 20 heavy (non-hydrogen) atoms. The van der Waals surface area contributed by atoms with E-state index in [2.05, 4.69) is 56.7 Å². The van der Waals surface area contributed by atoms with Gasteiger partial charge in [-0.05, 0) is 24.0 Å². The lowest BCUT2D eigenvalue weighted by molar-refractivity contribution is 0.569. The second-order valence-corrected chi connectivity index (χ2v) is 7.78. The number of hydrogen-bond acceptors (Lipinski definition) is 4. The molecule has 0 fully saturated rings. The van der Waals surface area contributed by atoms with E-state index < -0.39 is 0 Å². The van der Waals surface area contributed by atoms with Crippen LogP contribution in [0.25, 0.3) is 0 Å². The molecule has 0 aliphatic heterocycles. The van der Waals surface area contributed by atoms with Gasteiger partial charge in [0.25, 0.3) is 0 Å². The molecule has 2 N–H and O–H groups in total. The van der Waals surface area contributed by atoms with E-state index in [9.17, 15) is 0 Å². The van der Waals surface area contributed by atoms with Crippen LogP contribution in [0.3, 0.4) is 0 Å². The maximum absolute atomic E-state index is 6.30. The molecule has 0 radical (unpaired) electrons. The number of thiazole rings is 1. The molecule has 0 aliphatic rings. The zero-order chi connectivity index (χ0) is 14.8. The van der Waals surface area contributed by atoms with E-state index in [4.69, 9.17) is 10.7 Å². The van der Waals surface area contributed by atoms with Gasteiger partial charge in [-0.15, -0.1) is 23.1 Å². The van der Waals surface area contributed by atoms with Gasteiger partial charge in [-0.25, -0.2) is 4.98 Å². The van der Waals surface area contributed by atoms with Crippen molar-refractivity contribution in [2.24, 2.45) is 5.73 Å². The molecule has 0 amide bonds. The number of thioether (sulfide) groups is 1. The van der Waals surface area contributed by atoms with Crippen LogP contribution in [0.5, 0.6) is 0 Å². The molecule has 2 aromatic rings. The fraction of sp³-hybridized carbons (Fsp3) is 0.438. The zero-order valence-electron chi connectivity index (χ0n) is 12.5. The van der Waals surface area contributed by atoms with Crippen molar-refractivity contribution in [1.82, 2.24) is 4.98 Å². The SMILES string of the molecule is CSc1ccc(C(N)Cc2nc(C(C)(C)C)cs2)cc1. The molecule has 0 aliphatic carbocycles. The standard InChI is InChI=1S/C16H22N2S2/c1-16(2,3)14-10-20-15(18-14)9-13(17)11-5-7-12(19-4)8-6-11/h5-8,10,13H,9,17H2,1-4H3. The zero-order valence-corrected chi connectivity index (χ0v) is 14.1. The van der Waals surface area contributed by atoms with Gasteiger partial charge < -0.3 is 5.73 Å². The third kappa shape index (κ3) is 3.84. The topological polar surface area (TPSA) is 38.9 Å². The Kier molecular flexibility index (Phi) is 4.89. The summed E-state index contributed by atoms with van der Waals surface area (Å²) in [7, 11) is 0. The molecule has 1 aromatic heterocycles. The molecule has 108 valence electrons. The van der Waals surface area contributed by atoms with Crippen molar-refractivity contribution in [2.45, 2.75) is 43.5 Å². The summed E-state index contributed by atoms with van der Waals surface area (Å²) in [6.45, 7) is 6.56.